The van der Waals surface area contributed by atoms with E-state index in [2.05, 4.69) is 19.2 Å². The van der Waals surface area contributed by atoms with Gasteiger partial charge in [-0.3, -0.25) is 0 Å². The Labute approximate surface area is 112 Å². The van der Waals surface area contributed by atoms with Gasteiger partial charge < -0.3 is 11.1 Å². The highest BCUT2D eigenvalue weighted by Gasteiger charge is 2.33. The molecule has 0 heterocycles. The van der Waals surface area contributed by atoms with Crippen molar-refractivity contribution >= 4 is 11.4 Å². The number of nitrogen functional groups attached to an aromatic ring is 1. The molecule has 19 heavy (non-hydrogen) atoms. The maximum Gasteiger partial charge on any atom is 0.418 e. The van der Waals surface area contributed by atoms with Gasteiger partial charge >= 0.3 is 6.18 Å². The van der Waals surface area contributed by atoms with Gasteiger partial charge in [0.2, 0.25) is 0 Å². The number of hydrogen-bond donors (Lipinski definition) is 2. The summed E-state index contributed by atoms with van der Waals surface area (Å²) in [7, 11) is 0. The number of anilines is 2. The topological polar surface area (TPSA) is 38.0 Å². The Kier molecular flexibility index (Phi) is 5.09. The van der Waals surface area contributed by atoms with Gasteiger partial charge in [0.15, 0.2) is 0 Å². The predicted molar refractivity (Wildman–Crippen MR) is 73.0 cm³/mol. The molecule has 0 amide bonds. The van der Waals surface area contributed by atoms with Gasteiger partial charge in [0, 0.05) is 17.4 Å². The Morgan fingerprint density at radius 1 is 1.16 bits per heavy atom. The van der Waals surface area contributed by atoms with Gasteiger partial charge in [-0.1, -0.05) is 13.8 Å². The highest BCUT2D eigenvalue weighted by molar-refractivity contribution is 5.58. The molecule has 0 saturated heterocycles. The summed E-state index contributed by atoms with van der Waals surface area (Å²) in [6, 6.07) is 4.07. The molecule has 1 rings (SSSR count). The Morgan fingerprint density at radius 3 is 2.32 bits per heavy atom. The zero-order chi connectivity index (χ0) is 14.6. The molecule has 1 unspecified atom stereocenters. The van der Waals surface area contributed by atoms with E-state index in [1.54, 1.807) is 6.07 Å². The molecule has 1 atom stereocenters. The minimum atomic E-state index is -4.41. The molecular weight excluding hydrogens is 253 g/mol. The largest absolute Gasteiger partial charge is 0.418 e. The lowest BCUT2D eigenvalue weighted by molar-refractivity contribution is -0.136. The monoisotopic (exact) mass is 274 g/mol. The van der Waals surface area contributed by atoms with Crippen LogP contribution in [0.2, 0.25) is 0 Å². The summed E-state index contributed by atoms with van der Waals surface area (Å²) in [5.41, 5.74) is 4.79. The standard InChI is InChI=1S/C14H21F3N2/c1-9(2)4-5-10(3)19-11-6-7-13(18)12(8-11)14(15,16)17/h6-10,19H,4-5,18H2,1-3H3. The lowest BCUT2D eigenvalue weighted by atomic mass is 10.0. The lowest BCUT2D eigenvalue weighted by Crippen LogP contribution is -2.17. The molecule has 0 saturated carbocycles. The van der Waals surface area contributed by atoms with Crippen LogP contribution in [0, 0.1) is 5.92 Å². The van der Waals surface area contributed by atoms with E-state index in [4.69, 9.17) is 5.73 Å². The summed E-state index contributed by atoms with van der Waals surface area (Å²) < 4.78 is 38.1. The third-order valence-electron chi connectivity index (χ3n) is 2.95. The van der Waals surface area contributed by atoms with E-state index in [1.165, 1.54) is 6.07 Å². The SMILES string of the molecule is CC(C)CCC(C)Nc1ccc(N)c(C(F)(F)F)c1. The van der Waals surface area contributed by atoms with Crippen LogP contribution in [0.1, 0.15) is 39.2 Å². The number of nitrogens with one attached hydrogen (secondary N) is 1. The fourth-order valence-electron chi connectivity index (χ4n) is 1.83. The number of halogens is 3. The lowest BCUT2D eigenvalue weighted by Gasteiger charge is -2.18. The molecule has 0 bridgehead atoms. The molecule has 0 radical (unpaired) electrons. The first-order valence-electron chi connectivity index (χ1n) is 6.43. The fraction of sp³-hybridized carbons (Fsp3) is 0.571. The molecule has 0 spiro atoms. The summed E-state index contributed by atoms with van der Waals surface area (Å²) in [5, 5.41) is 3.08. The Hall–Kier alpha value is -1.39. The maximum absolute atomic E-state index is 12.7. The van der Waals surface area contributed by atoms with Gasteiger partial charge in [-0.05, 0) is 43.9 Å². The van der Waals surface area contributed by atoms with Crippen LogP contribution < -0.4 is 11.1 Å². The van der Waals surface area contributed by atoms with Crippen LogP contribution >= 0.6 is 0 Å². The van der Waals surface area contributed by atoms with E-state index in [0.29, 0.717) is 11.6 Å². The van der Waals surface area contributed by atoms with Crippen LogP contribution in [0.5, 0.6) is 0 Å². The summed E-state index contributed by atoms with van der Waals surface area (Å²) in [5.74, 6) is 0.585. The van der Waals surface area contributed by atoms with Crippen molar-refractivity contribution < 1.29 is 13.2 Å². The van der Waals surface area contributed by atoms with E-state index in [1.807, 2.05) is 6.92 Å². The second-order valence-electron chi connectivity index (χ2n) is 5.32. The van der Waals surface area contributed by atoms with Crippen LogP contribution in [-0.2, 0) is 6.18 Å². The summed E-state index contributed by atoms with van der Waals surface area (Å²) in [6.07, 6.45) is -2.46. The molecular formula is C14H21F3N2. The van der Waals surface area contributed by atoms with Gasteiger partial charge in [-0.2, -0.15) is 13.2 Å². The van der Waals surface area contributed by atoms with Crippen LogP contribution in [0.4, 0.5) is 24.5 Å². The van der Waals surface area contributed by atoms with Crippen molar-refractivity contribution in [1.82, 2.24) is 0 Å². The minimum Gasteiger partial charge on any atom is -0.398 e. The number of nitrogens with two attached hydrogens (primary N) is 1. The fourth-order valence-corrected chi connectivity index (χ4v) is 1.83. The summed E-state index contributed by atoms with van der Waals surface area (Å²) >= 11 is 0. The number of alkyl halides is 3. The van der Waals surface area contributed by atoms with Gasteiger partial charge in [0.1, 0.15) is 0 Å². The van der Waals surface area contributed by atoms with Gasteiger partial charge in [0.05, 0.1) is 5.56 Å². The van der Waals surface area contributed by atoms with E-state index in [-0.39, 0.29) is 11.7 Å². The maximum atomic E-state index is 12.7. The first kappa shape index (κ1) is 15.7. The van der Waals surface area contributed by atoms with Crippen molar-refractivity contribution in [1.29, 1.82) is 0 Å². The highest BCUT2D eigenvalue weighted by Crippen LogP contribution is 2.35. The second-order valence-corrected chi connectivity index (χ2v) is 5.32. The van der Waals surface area contributed by atoms with Crippen LogP contribution in [0.15, 0.2) is 18.2 Å². The van der Waals surface area contributed by atoms with Crippen molar-refractivity contribution in [2.24, 2.45) is 5.92 Å². The Morgan fingerprint density at radius 2 is 1.79 bits per heavy atom. The van der Waals surface area contributed by atoms with E-state index in [0.717, 1.165) is 18.9 Å². The van der Waals surface area contributed by atoms with Crippen LogP contribution in [-0.4, -0.2) is 6.04 Å². The highest BCUT2D eigenvalue weighted by atomic mass is 19.4. The molecule has 0 aliphatic carbocycles. The zero-order valence-electron chi connectivity index (χ0n) is 11.5. The van der Waals surface area contributed by atoms with E-state index < -0.39 is 11.7 Å². The Balaban J connectivity index is 2.75. The quantitative estimate of drug-likeness (QED) is 0.774. The van der Waals surface area contributed by atoms with Crippen LogP contribution in [0.3, 0.4) is 0 Å². The smallest absolute Gasteiger partial charge is 0.398 e. The van der Waals surface area contributed by atoms with Crippen molar-refractivity contribution in [2.45, 2.75) is 45.8 Å². The van der Waals surface area contributed by atoms with E-state index >= 15 is 0 Å². The second kappa shape index (κ2) is 6.17. The molecule has 0 aliphatic heterocycles. The Bertz CT molecular complexity index is 414. The normalized spacial score (nSPS) is 13.6. The number of rotatable bonds is 5. The molecule has 0 fully saturated rings. The first-order chi connectivity index (χ1) is 8.70. The molecule has 2 nitrogen and oxygen atoms in total. The number of benzene rings is 1. The van der Waals surface area contributed by atoms with Gasteiger partial charge in [-0.25, -0.2) is 0 Å². The van der Waals surface area contributed by atoms with Crippen molar-refractivity contribution in [2.75, 3.05) is 11.1 Å². The van der Waals surface area contributed by atoms with Gasteiger partial charge in [-0.15, -0.1) is 0 Å². The third-order valence-corrected chi connectivity index (χ3v) is 2.95. The minimum absolute atomic E-state index is 0.132. The molecule has 1 aromatic carbocycles. The predicted octanol–water partition coefficient (Wildman–Crippen LogP) is 4.52. The molecule has 0 aromatic heterocycles. The summed E-state index contributed by atoms with van der Waals surface area (Å²) in [6.45, 7) is 6.21. The average molecular weight is 274 g/mol. The molecule has 1 aromatic rings. The van der Waals surface area contributed by atoms with Crippen LogP contribution in [0.25, 0.3) is 0 Å². The molecule has 5 heteroatoms. The van der Waals surface area contributed by atoms with Crippen molar-refractivity contribution in [3.8, 4) is 0 Å². The van der Waals surface area contributed by atoms with Crippen molar-refractivity contribution in [3.63, 3.8) is 0 Å². The van der Waals surface area contributed by atoms with Crippen molar-refractivity contribution in [3.05, 3.63) is 23.8 Å². The molecule has 108 valence electrons. The molecule has 3 N–H and O–H groups in total. The first-order valence-corrected chi connectivity index (χ1v) is 6.43. The zero-order valence-corrected chi connectivity index (χ0v) is 11.5. The average Bonchev–Trinajstić information content (AvgIpc) is 2.27. The van der Waals surface area contributed by atoms with E-state index in [9.17, 15) is 13.2 Å². The summed E-state index contributed by atoms with van der Waals surface area (Å²) in [4.78, 5) is 0. The molecule has 0 aliphatic rings. The third kappa shape index (κ3) is 5.01. The number of hydrogen-bond acceptors (Lipinski definition) is 2. The van der Waals surface area contributed by atoms with Gasteiger partial charge in [0.25, 0.3) is 0 Å².